The number of likely N-dealkylation sites (N-methyl/N-ethyl adjacent to an activating group) is 1. The first-order valence-electron chi connectivity index (χ1n) is 6.63. The summed E-state index contributed by atoms with van der Waals surface area (Å²) < 4.78 is 1.85. The number of nitrogens with zero attached hydrogens (tertiary/aromatic N) is 3. The lowest BCUT2D eigenvalue weighted by Crippen LogP contribution is -2.29. The summed E-state index contributed by atoms with van der Waals surface area (Å²) in [6, 6.07) is 4.31. The van der Waals surface area contributed by atoms with Gasteiger partial charge in [-0.05, 0) is 24.9 Å². The zero-order chi connectivity index (χ0) is 13.5. The molecule has 2 heterocycles. The number of nitrogens with one attached hydrogen (secondary N) is 1. The largest absolute Gasteiger partial charge is 0.315 e. The Balaban J connectivity index is 1.55. The van der Waals surface area contributed by atoms with Crippen molar-refractivity contribution in [1.82, 2.24) is 20.0 Å². The minimum Gasteiger partial charge on any atom is -0.315 e. The molecule has 2 aromatic rings. The van der Waals surface area contributed by atoms with Crippen LogP contribution >= 0.6 is 11.3 Å². The highest BCUT2D eigenvalue weighted by atomic mass is 32.1. The van der Waals surface area contributed by atoms with Crippen molar-refractivity contribution in [3.05, 3.63) is 40.3 Å². The Morgan fingerprint density at radius 2 is 2.32 bits per heavy atom. The van der Waals surface area contributed by atoms with E-state index in [9.17, 15) is 0 Å². The number of hydrogen-bond donors (Lipinski definition) is 1. The molecule has 0 saturated carbocycles. The van der Waals surface area contributed by atoms with Gasteiger partial charge < -0.3 is 10.2 Å². The first-order chi connectivity index (χ1) is 9.24. The van der Waals surface area contributed by atoms with E-state index in [1.54, 1.807) is 0 Å². The second-order valence-corrected chi connectivity index (χ2v) is 5.87. The number of aryl methyl sites for hydroxylation is 1. The molecular weight excluding hydrogens is 256 g/mol. The highest BCUT2D eigenvalue weighted by Crippen LogP contribution is 2.07. The van der Waals surface area contributed by atoms with E-state index in [1.165, 1.54) is 10.4 Å². The van der Waals surface area contributed by atoms with E-state index in [-0.39, 0.29) is 0 Å². The Morgan fingerprint density at radius 1 is 1.42 bits per heavy atom. The quantitative estimate of drug-likeness (QED) is 0.747. The maximum Gasteiger partial charge on any atom is 0.0534 e. The fraction of sp³-hybridized carbons (Fsp3) is 0.500. The average Bonchev–Trinajstić information content (AvgIpc) is 3.01. The maximum absolute atomic E-state index is 4.18. The molecule has 0 spiro atoms. The lowest BCUT2D eigenvalue weighted by atomic mass is 10.3. The molecule has 0 amide bonds. The van der Waals surface area contributed by atoms with E-state index in [2.05, 4.69) is 46.1 Å². The third-order valence-corrected chi connectivity index (χ3v) is 3.95. The molecule has 2 rings (SSSR count). The summed E-state index contributed by atoms with van der Waals surface area (Å²) in [5.41, 5.74) is 1.27. The summed E-state index contributed by atoms with van der Waals surface area (Å²) in [6.45, 7) is 4.10. The SMILES string of the molecule is CN(CCNCCc1cccs1)Cc1cnn(C)c1. The zero-order valence-corrected chi connectivity index (χ0v) is 12.5. The summed E-state index contributed by atoms with van der Waals surface area (Å²) >= 11 is 1.83. The molecule has 0 radical (unpaired) electrons. The van der Waals surface area contributed by atoms with Crippen molar-refractivity contribution in [1.29, 1.82) is 0 Å². The van der Waals surface area contributed by atoms with Crippen LogP contribution in [0.2, 0.25) is 0 Å². The van der Waals surface area contributed by atoms with Crippen LogP contribution in [-0.2, 0) is 20.0 Å². The van der Waals surface area contributed by atoms with Crippen molar-refractivity contribution in [2.45, 2.75) is 13.0 Å². The molecule has 5 heteroatoms. The molecule has 1 N–H and O–H groups in total. The highest BCUT2D eigenvalue weighted by molar-refractivity contribution is 7.09. The van der Waals surface area contributed by atoms with Gasteiger partial charge in [0.05, 0.1) is 6.20 Å². The van der Waals surface area contributed by atoms with Crippen LogP contribution in [0.4, 0.5) is 0 Å². The molecule has 0 unspecified atom stereocenters. The van der Waals surface area contributed by atoms with Crippen LogP contribution in [0.5, 0.6) is 0 Å². The van der Waals surface area contributed by atoms with Gasteiger partial charge in [-0.2, -0.15) is 5.10 Å². The predicted molar refractivity (Wildman–Crippen MR) is 80.4 cm³/mol. The standard InChI is InChI=1S/C14H22N4S/c1-17(11-13-10-16-18(2)12-13)8-7-15-6-5-14-4-3-9-19-14/h3-4,9-10,12,15H,5-8,11H2,1-2H3. The highest BCUT2D eigenvalue weighted by Gasteiger charge is 2.01. The molecule has 0 aliphatic rings. The van der Waals surface area contributed by atoms with E-state index in [1.807, 2.05) is 29.3 Å². The van der Waals surface area contributed by atoms with Gasteiger partial charge in [-0.15, -0.1) is 11.3 Å². The number of thiophene rings is 1. The Hall–Kier alpha value is -1.17. The van der Waals surface area contributed by atoms with Crippen molar-refractivity contribution in [2.24, 2.45) is 7.05 Å². The van der Waals surface area contributed by atoms with Gasteiger partial charge in [0, 0.05) is 49.9 Å². The first kappa shape index (κ1) is 14.2. The summed E-state index contributed by atoms with van der Waals surface area (Å²) in [5.74, 6) is 0. The molecule has 0 atom stereocenters. The van der Waals surface area contributed by atoms with E-state index >= 15 is 0 Å². The van der Waals surface area contributed by atoms with Crippen LogP contribution in [0.25, 0.3) is 0 Å². The van der Waals surface area contributed by atoms with Gasteiger partial charge in [0.15, 0.2) is 0 Å². The Kier molecular flexibility index (Phi) is 5.57. The molecule has 2 aromatic heterocycles. The van der Waals surface area contributed by atoms with E-state index < -0.39 is 0 Å². The lowest BCUT2D eigenvalue weighted by molar-refractivity contribution is 0.325. The number of hydrogen-bond acceptors (Lipinski definition) is 4. The van der Waals surface area contributed by atoms with Gasteiger partial charge in [0.1, 0.15) is 0 Å². The summed E-state index contributed by atoms with van der Waals surface area (Å²) in [7, 11) is 4.10. The van der Waals surface area contributed by atoms with Crippen LogP contribution < -0.4 is 5.32 Å². The van der Waals surface area contributed by atoms with Crippen LogP contribution in [0.1, 0.15) is 10.4 Å². The third-order valence-electron chi connectivity index (χ3n) is 3.01. The molecule has 0 saturated heterocycles. The summed E-state index contributed by atoms with van der Waals surface area (Å²) in [5, 5.41) is 9.81. The number of rotatable bonds is 8. The van der Waals surface area contributed by atoms with E-state index in [4.69, 9.17) is 0 Å². The second-order valence-electron chi connectivity index (χ2n) is 4.84. The van der Waals surface area contributed by atoms with Crippen LogP contribution in [0.3, 0.4) is 0 Å². The maximum atomic E-state index is 4.18. The third kappa shape index (κ3) is 5.14. The van der Waals surface area contributed by atoms with Crippen molar-refractivity contribution in [3.63, 3.8) is 0 Å². The predicted octanol–water partition coefficient (Wildman–Crippen LogP) is 1.75. The van der Waals surface area contributed by atoms with Crippen LogP contribution in [0, 0.1) is 0 Å². The van der Waals surface area contributed by atoms with Crippen molar-refractivity contribution in [2.75, 3.05) is 26.7 Å². The lowest BCUT2D eigenvalue weighted by Gasteiger charge is -2.15. The molecule has 0 aliphatic heterocycles. The fourth-order valence-electron chi connectivity index (χ4n) is 2.01. The van der Waals surface area contributed by atoms with Crippen molar-refractivity contribution in [3.8, 4) is 0 Å². The van der Waals surface area contributed by atoms with Gasteiger partial charge in [0.25, 0.3) is 0 Å². The topological polar surface area (TPSA) is 33.1 Å². The van der Waals surface area contributed by atoms with Gasteiger partial charge in [-0.1, -0.05) is 6.07 Å². The zero-order valence-electron chi connectivity index (χ0n) is 11.7. The van der Waals surface area contributed by atoms with Gasteiger partial charge >= 0.3 is 0 Å². The Morgan fingerprint density at radius 3 is 3.00 bits per heavy atom. The molecule has 104 valence electrons. The molecule has 0 bridgehead atoms. The monoisotopic (exact) mass is 278 g/mol. The molecule has 0 fully saturated rings. The van der Waals surface area contributed by atoms with Gasteiger partial charge in [0.2, 0.25) is 0 Å². The minimum absolute atomic E-state index is 0.959. The normalized spacial score (nSPS) is 11.3. The summed E-state index contributed by atoms with van der Waals surface area (Å²) in [4.78, 5) is 3.77. The van der Waals surface area contributed by atoms with E-state index in [0.29, 0.717) is 0 Å². The molecular formula is C14H22N4S. The Labute approximate surface area is 119 Å². The van der Waals surface area contributed by atoms with Crippen LogP contribution in [0.15, 0.2) is 29.9 Å². The Bertz CT molecular complexity index is 464. The summed E-state index contributed by atoms with van der Waals surface area (Å²) in [6.07, 6.45) is 5.13. The smallest absolute Gasteiger partial charge is 0.0534 e. The fourth-order valence-corrected chi connectivity index (χ4v) is 2.71. The van der Waals surface area contributed by atoms with Crippen molar-refractivity contribution < 1.29 is 0 Å². The van der Waals surface area contributed by atoms with Gasteiger partial charge in [-0.3, -0.25) is 4.68 Å². The molecule has 0 aliphatic carbocycles. The molecule has 19 heavy (non-hydrogen) atoms. The minimum atomic E-state index is 0.959. The second kappa shape index (κ2) is 7.43. The van der Waals surface area contributed by atoms with Crippen molar-refractivity contribution >= 4 is 11.3 Å². The number of aromatic nitrogens is 2. The molecule has 0 aromatic carbocycles. The first-order valence-corrected chi connectivity index (χ1v) is 7.51. The molecule has 4 nitrogen and oxygen atoms in total. The van der Waals surface area contributed by atoms with E-state index in [0.717, 1.165) is 32.6 Å². The van der Waals surface area contributed by atoms with Crippen LogP contribution in [-0.4, -0.2) is 41.4 Å². The average molecular weight is 278 g/mol. The van der Waals surface area contributed by atoms with Gasteiger partial charge in [-0.25, -0.2) is 0 Å².